The molecule has 0 fully saturated rings. The molecule has 0 radical (unpaired) electrons. The Labute approximate surface area is 132 Å². The van der Waals surface area contributed by atoms with Gasteiger partial charge in [-0.2, -0.15) is 0 Å². The highest BCUT2D eigenvalue weighted by molar-refractivity contribution is 14.0. The molecule has 0 amide bonds. The lowest BCUT2D eigenvalue weighted by Gasteiger charge is -2.10. The number of nitrogens with zero attached hydrogens (tertiary/aromatic N) is 1. The van der Waals surface area contributed by atoms with E-state index in [2.05, 4.69) is 22.5 Å². The maximum Gasteiger partial charge on any atom is 0.191 e. The van der Waals surface area contributed by atoms with Crippen LogP contribution in [0, 0.1) is 5.82 Å². The minimum Gasteiger partial charge on any atom is -0.357 e. The van der Waals surface area contributed by atoms with E-state index in [1.807, 2.05) is 13.0 Å². The minimum absolute atomic E-state index is 0. The van der Waals surface area contributed by atoms with Gasteiger partial charge in [0.2, 0.25) is 0 Å². The van der Waals surface area contributed by atoms with E-state index in [-0.39, 0.29) is 29.8 Å². The van der Waals surface area contributed by atoms with Crippen molar-refractivity contribution in [2.45, 2.75) is 33.2 Å². The van der Waals surface area contributed by atoms with Gasteiger partial charge in [-0.1, -0.05) is 31.5 Å². The Morgan fingerprint density at radius 3 is 2.58 bits per heavy atom. The molecule has 0 aliphatic heterocycles. The molecule has 1 aromatic rings. The van der Waals surface area contributed by atoms with Crippen LogP contribution in [-0.2, 0) is 6.54 Å². The number of unbranched alkanes of at least 4 members (excludes halogenated alkanes) is 1. The van der Waals surface area contributed by atoms with Gasteiger partial charge in [0.1, 0.15) is 5.82 Å². The molecular weight excluding hydrogens is 356 g/mol. The van der Waals surface area contributed by atoms with Crippen molar-refractivity contribution in [3.05, 3.63) is 35.6 Å². The average Bonchev–Trinajstić information content (AvgIpc) is 2.38. The van der Waals surface area contributed by atoms with Crippen LogP contribution in [0.5, 0.6) is 0 Å². The molecule has 0 atom stereocenters. The molecule has 19 heavy (non-hydrogen) atoms. The van der Waals surface area contributed by atoms with Gasteiger partial charge in [0, 0.05) is 18.7 Å². The zero-order valence-corrected chi connectivity index (χ0v) is 13.9. The standard InChI is InChI=1S/C14H22FN3.HI/c1-3-5-10-17-14(16-4-2)18-11-12-8-6-7-9-13(12)15;/h6-9H,3-5,10-11H2,1-2H3,(H2,16,17,18);1H. The van der Waals surface area contributed by atoms with Crippen molar-refractivity contribution in [1.29, 1.82) is 0 Å². The number of hydrogen-bond donors (Lipinski definition) is 2. The normalized spacial score (nSPS) is 10.8. The first-order valence-corrected chi connectivity index (χ1v) is 6.53. The van der Waals surface area contributed by atoms with Gasteiger partial charge < -0.3 is 10.6 Å². The van der Waals surface area contributed by atoms with Gasteiger partial charge >= 0.3 is 0 Å². The molecule has 0 aliphatic carbocycles. The summed E-state index contributed by atoms with van der Waals surface area (Å²) in [6, 6.07) is 6.73. The summed E-state index contributed by atoms with van der Waals surface area (Å²) in [4.78, 5) is 4.37. The molecule has 0 bridgehead atoms. The van der Waals surface area contributed by atoms with Crippen molar-refractivity contribution >= 4 is 29.9 Å². The zero-order valence-electron chi connectivity index (χ0n) is 11.6. The molecule has 0 saturated heterocycles. The predicted octanol–water partition coefficient (Wildman–Crippen LogP) is 3.30. The van der Waals surface area contributed by atoms with Crippen molar-refractivity contribution < 1.29 is 4.39 Å². The summed E-state index contributed by atoms with van der Waals surface area (Å²) < 4.78 is 13.4. The number of guanidine groups is 1. The third-order valence-corrected chi connectivity index (χ3v) is 2.53. The lowest BCUT2D eigenvalue weighted by molar-refractivity contribution is 0.610. The second kappa shape index (κ2) is 11.0. The van der Waals surface area contributed by atoms with E-state index in [4.69, 9.17) is 0 Å². The smallest absolute Gasteiger partial charge is 0.191 e. The molecule has 0 aliphatic rings. The predicted molar refractivity (Wildman–Crippen MR) is 89.5 cm³/mol. The maximum atomic E-state index is 13.4. The van der Waals surface area contributed by atoms with E-state index in [1.54, 1.807) is 12.1 Å². The average molecular weight is 379 g/mol. The summed E-state index contributed by atoms with van der Waals surface area (Å²) in [7, 11) is 0. The Balaban J connectivity index is 0.00000324. The Morgan fingerprint density at radius 2 is 1.95 bits per heavy atom. The first-order valence-electron chi connectivity index (χ1n) is 6.53. The van der Waals surface area contributed by atoms with Crippen molar-refractivity contribution in [3.63, 3.8) is 0 Å². The lowest BCUT2D eigenvalue weighted by atomic mass is 10.2. The Hall–Kier alpha value is -0.850. The van der Waals surface area contributed by atoms with Crippen LogP contribution >= 0.6 is 24.0 Å². The van der Waals surface area contributed by atoms with Crippen LogP contribution in [0.2, 0.25) is 0 Å². The molecule has 1 rings (SSSR count). The van der Waals surface area contributed by atoms with Crippen LogP contribution in [0.25, 0.3) is 0 Å². The molecular formula is C14H23FIN3. The summed E-state index contributed by atoms with van der Waals surface area (Å²) in [6.45, 7) is 6.20. The summed E-state index contributed by atoms with van der Waals surface area (Å²) >= 11 is 0. The SMILES string of the molecule is CCCCNC(=NCc1ccccc1F)NCC.I. The fraction of sp³-hybridized carbons (Fsp3) is 0.500. The molecule has 0 unspecified atom stereocenters. The molecule has 2 N–H and O–H groups in total. The number of rotatable bonds is 6. The third kappa shape index (κ3) is 7.34. The summed E-state index contributed by atoms with van der Waals surface area (Å²) in [6.07, 6.45) is 2.24. The molecule has 0 heterocycles. The second-order valence-corrected chi connectivity index (χ2v) is 4.07. The number of hydrogen-bond acceptors (Lipinski definition) is 1. The van der Waals surface area contributed by atoms with Crippen molar-refractivity contribution in [2.24, 2.45) is 4.99 Å². The molecule has 0 aromatic heterocycles. The van der Waals surface area contributed by atoms with Crippen LogP contribution in [0.1, 0.15) is 32.3 Å². The highest BCUT2D eigenvalue weighted by atomic mass is 127. The maximum absolute atomic E-state index is 13.4. The van der Waals surface area contributed by atoms with E-state index >= 15 is 0 Å². The molecule has 3 nitrogen and oxygen atoms in total. The van der Waals surface area contributed by atoms with Gasteiger partial charge in [-0.25, -0.2) is 9.38 Å². The molecule has 0 spiro atoms. The zero-order chi connectivity index (χ0) is 13.2. The van der Waals surface area contributed by atoms with Crippen molar-refractivity contribution in [1.82, 2.24) is 10.6 Å². The van der Waals surface area contributed by atoms with Crippen molar-refractivity contribution in [3.8, 4) is 0 Å². The Kier molecular flexibility index (Phi) is 10.5. The Morgan fingerprint density at radius 1 is 1.21 bits per heavy atom. The highest BCUT2D eigenvalue weighted by Crippen LogP contribution is 2.07. The van der Waals surface area contributed by atoms with Gasteiger partial charge in [0.15, 0.2) is 5.96 Å². The lowest BCUT2D eigenvalue weighted by Crippen LogP contribution is -2.37. The van der Waals surface area contributed by atoms with Gasteiger partial charge in [-0.15, -0.1) is 24.0 Å². The van der Waals surface area contributed by atoms with Crippen molar-refractivity contribution in [2.75, 3.05) is 13.1 Å². The summed E-state index contributed by atoms with van der Waals surface area (Å²) in [5.74, 6) is 0.542. The largest absolute Gasteiger partial charge is 0.357 e. The number of benzene rings is 1. The van der Waals surface area contributed by atoms with Crippen LogP contribution in [-0.4, -0.2) is 19.0 Å². The fourth-order valence-electron chi connectivity index (χ4n) is 1.52. The van der Waals surface area contributed by atoms with E-state index < -0.39 is 0 Å². The number of aliphatic imine (C=N–C) groups is 1. The van der Waals surface area contributed by atoms with Crippen LogP contribution in [0.15, 0.2) is 29.3 Å². The molecule has 0 saturated carbocycles. The van der Waals surface area contributed by atoms with E-state index in [1.165, 1.54) is 6.07 Å². The number of halogens is 2. The quantitative estimate of drug-likeness (QED) is 0.345. The van der Waals surface area contributed by atoms with E-state index in [0.717, 1.165) is 31.9 Å². The molecule has 5 heteroatoms. The number of nitrogens with one attached hydrogen (secondary N) is 2. The van der Waals surface area contributed by atoms with Crippen LogP contribution < -0.4 is 10.6 Å². The summed E-state index contributed by atoms with van der Waals surface area (Å²) in [5, 5.41) is 6.38. The van der Waals surface area contributed by atoms with Gasteiger partial charge in [-0.05, 0) is 19.4 Å². The second-order valence-electron chi connectivity index (χ2n) is 4.07. The fourth-order valence-corrected chi connectivity index (χ4v) is 1.52. The van der Waals surface area contributed by atoms with E-state index in [9.17, 15) is 4.39 Å². The summed E-state index contributed by atoms with van der Waals surface area (Å²) in [5.41, 5.74) is 0.616. The Bertz CT molecular complexity index is 383. The van der Waals surface area contributed by atoms with E-state index in [0.29, 0.717) is 12.1 Å². The molecule has 1 aromatic carbocycles. The minimum atomic E-state index is -0.203. The molecule has 108 valence electrons. The first kappa shape index (κ1) is 18.1. The van der Waals surface area contributed by atoms with Crippen LogP contribution in [0.4, 0.5) is 4.39 Å². The monoisotopic (exact) mass is 379 g/mol. The van der Waals surface area contributed by atoms with Gasteiger partial charge in [-0.3, -0.25) is 0 Å². The third-order valence-electron chi connectivity index (χ3n) is 2.53. The van der Waals surface area contributed by atoms with Gasteiger partial charge in [0.25, 0.3) is 0 Å². The first-order chi connectivity index (χ1) is 8.77. The highest BCUT2D eigenvalue weighted by Gasteiger charge is 2.00. The van der Waals surface area contributed by atoms with Gasteiger partial charge in [0.05, 0.1) is 6.54 Å². The van der Waals surface area contributed by atoms with Crippen LogP contribution in [0.3, 0.4) is 0 Å². The topological polar surface area (TPSA) is 36.4 Å².